The largest absolute Gasteiger partial charge is 0.455 e. The van der Waals surface area contributed by atoms with Crippen molar-refractivity contribution in [3.05, 3.63) is 203 Å². The molecule has 2 aliphatic heterocycles. The van der Waals surface area contributed by atoms with Crippen LogP contribution in [0.25, 0.3) is 71.7 Å². The van der Waals surface area contributed by atoms with Gasteiger partial charge in [0.2, 0.25) is 0 Å². The first-order chi connectivity index (χ1) is 38.6. The third-order valence-corrected chi connectivity index (χ3v) is 18.9. The van der Waals surface area contributed by atoms with Gasteiger partial charge in [0.25, 0.3) is 0 Å². The van der Waals surface area contributed by atoms with E-state index in [1.165, 1.54) is 116 Å². The van der Waals surface area contributed by atoms with E-state index in [9.17, 15) is 0 Å². The average Bonchev–Trinajstić information content (AvgIpc) is 2.03. The molecular formula is C77H78BN3O. The number of rotatable bonds is 4. The van der Waals surface area contributed by atoms with Crippen LogP contribution < -0.4 is 20.6 Å². The van der Waals surface area contributed by atoms with Crippen LogP contribution in [0.1, 0.15) is 157 Å². The quantitative estimate of drug-likeness (QED) is 0.164. The molecule has 4 heterocycles. The van der Waals surface area contributed by atoms with Crippen molar-refractivity contribution in [1.29, 1.82) is 0 Å². The summed E-state index contributed by atoms with van der Waals surface area (Å²) in [6, 6.07) is 63.9. The van der Waals surface area contributed by atoms with E-state index in [2.05, 4.69) is 296 Å². The molecule has 3 aliphatic rings. The van der Waals surface area contributed by atoms with Crippen molar-refractivity contribution in [2.24, 2.45) is 0 Å². The monoisotopic (exact) mass is 1070 g/mol. The van der Waals surface area contributed by atoms with Gasteiger partial charge in [0.15, 0.2) is 0 Å². The zero-order chi connectivity index (χ0) is 57.7. The highest BCUT2D eigenvalue weighted by atomic mass is 16.3. The molecule has 0 spiro atoms. The Kier molecular flexibility index (Phi) is 11.0. The van der Waals surface area contributed by atoms with Crippen LogP contribution in [-0.2, 0) is 32.5 Å². The molecule has 0 atom stereocenters. The smallest absolute Gasteiger partial charge is 0.333 e. The van der Waals surface area contributed by atoms with Gasteiger partial charge >= 0.3 is 6.85 Å². The van der Waals surface area contributed by atoms with Gasteiger partial charge in [0.05, 0.1) is 16.4 Å². The van der Waals surface area contributed by atoms with Crippen molar-refractivity contribution in [3.63, 3.8) is 0 Å². The molecule has 9 aromatic carbocycles. The predicted molar refractivity (Wildman–Crippen MR) is 353 cm³/mol. The molecule has 0 saturated heterocycles. The summed E-state index contributed by atoms with van der Waals surface area (Å²) in [6.07, 6.45) is 0. The molecule has 5 heteroatoms. The summed E-state index contributed by atoms with van der Waals surface area (Å²) < 4.78 is 9.98. The van der Waals surface area contributed by atoms with Gasteiger partial charge in [-0.1, -0.05) is 197 Å². The van der Waals surface area contributed by atoms with Gasteiger partial charge in [-0.15, -0.1) is 0 Å². The second kappa shape index (κ2) is 17.2. The maximum absolute atomic E-state index is 7.37. The predicted octanol–water partition coefficient (Wildman–Crippen LogP) is 20.2. The molecule has 11 aromatic rings. The molecule has 0 radical (unpaired) electrons. The van der Waals surface area contributed by atoms with Crippen LogP contribution in [0.3, 0.4) is 0 Å². The minimum atomic E-state index is -0.312. The van der Waals surface area contributed by atoms with Crippen molar-refractivity contribution in [1.82, 2.24) is 4.57 Å². The van der Waals surface area contributed by atoms with Crippen molar-refractivity contribution >= 4 is 90.0 Å². The number of anilines is 5. The Balaban J connectivity index is 1.10. The molecule has 0 amide bonds. The van der Waals surface area contributed by atoms with Gasteiger partial charge < -0.3 is 18.7 Å². The van der Waals surface area contributed by atoms with Crippen LogP contribution in [0, 0.1) is 0 Å². The van der Waals surface area contributed by atoms with E-state index in [4.69, 9.17) is 4.42 Å². The lowest BCUT2D eigenvalue weighted by Gasteiger charge is -2.43. The zero-order valence-electron chi connectivity index (χ0n) is 51.4. The van der Waals surface area contributed by atoms with Crippen LogP contribution in [0.15, 0.2) is 168 Å². The number of furan rings is 1. The first-order valence-electron chi connectivity index (χ1n) is 29.9. The Hall–Kier alpha value is -7.76. The fourth-order valence-corrected chi connectivity index (χ4v) is 14.2. The molecular weight excluding hydrogens is 994 g/mol. The highest BCUT2D eigenvalue weighted by molar-refractivity contribution is 6.94. The lowest BCUT2D eigenvalue weighted by Crippen LogP contribution is -2.60. The fourth-order valence-electron chi connectivity index (χ4n) is 14.2. The van der Waals surface area contributed by atoms with E-state index in [0.29, 0.717) is 0 Å². The topological polar surface area (TPSA) is 24.6 Å². The van der Waals surface area contributed by atoms with Crippen molar-refractivity contribution in [2.75, 3.05) is 9.71 Å². The maximum atomic E-state index is 7.37. The Morgan fingerprint density at radius 1 is 0.439 bits per heavy atom. The fraction of sp³-hybridized carbons (Fsp3) is 0.299. The SMILES string of the molecule is CC(C)(C)c1ccc(N2B3c4cc(C(C)(C)C)ccc4-n4c5ccc(C(C)(C)C)cc5c5c6oc7ccccc7c6c(c3c54)-c3cc4c(cc32)-c2cc(N(c3ccc(C(C)(C)C)cc3)c3ccc(C(C)(C)C)cc3)ccc2C4(C)C)cc1. The van der Waals surface area contributed by atoms with E-state index < -0.39 is 0 Å². The van der Waals surface area contributed by atoms with Crippen LogP contribution in [0.2, 0.25) is 0 Å². The molecule has 14 rings (SSSR count). The Labute approximate surface area is 486 Å². The number of hydrogen-bond donors (Lipinski definition) is 0. The number of hydrogen-bond acceptors (Lipinski definition) is 3. The third-order valence-electron chi connectivity index (χ3n) is 18.9. The summed E-state index contributed by atoms with van der Waals surface area (Å²) in [5, 5.41) is 4.78. The van der Waals surface area contributed by atoms with Gasteiger partial charge in [-0.05, 0) is 179 Å². The molecule has 82 heavy (non-hydrogen) atoms. The maximum Gasteiger partial charge on any atom is 0.333 e. The van der Waals surface area contributed by atoms with Gasteiger partial charge in [-0.2, -0.15) is 0 Å². The lowest BCUT2D eigenvalue weighted by molar-refractivity contribution is 0.590. The van der Waals surface area contributed by atoms with E-state index in [1.54, 1.807) is 0 Å². The van der Waals surface area contributed by atoms with E-state index in [0.717, 1.165) is 33.6 Å². The summed E-state index contributed by atoms with van der Waals surface area (Å²) in [6.45, 7) is 39.5. The van der Waals surface area contributed by atoms with Crippen molar-refractivity contribution in [2.45, 2.75) is 150 Å². The molecule has 410 valence electrons. The number of nitrogens with zero attached hydrogens (tertiary/aromatic N) is 3. The summed E-state index contributed by atoms with van der Waals surface area (Å²) >= 11 is 0. The first-order valence-corrected chi connectivity index (χ1v) is 29.9. The Bertz CT molecular complexity index is 4420. The summed E-state index contributed by atoms with van der Waals surface area (Å²) in [5.74, 6) is 0. The second-order valence-corrected chi connectivity index (χ2v) is 29.9. The van der Waals surface area contributed by atoms with Crippen LogP contribution in [-0.4, -0.2) is 11.4 Å². The average molecular weight is 1070 g/mol. The van der Waals surface area contributed by atoms with Gasteiger partial charge in [-0.3, -0.25) is 0 Å². The van der Waals surface area contributed by atoms with Crippen LogP contribution in [0.5, 0.6) is 0 Å². The normalized spacial score (nSPS) is 14.7. The van der Waals surface area contributed by atoms with Crippen LogP contribution >= 0.6 is 0 Å². The standard InChI is InChI=1S/C77H78BN3O/c1-72(2,3)45-22-30-50(31-23-45)79(51-32-24-46(25-33-51)73(4,5)6)53-36-37-59-55(42-53)56-44-64-58(43-60(56)77(59,16)17)66-67-54-20-18-19-21-65(54)82-71(67)68-57-40-48(75(10,11)12)28-38-62(57)80-63-39-29-49(76(13,14)15)41-61(63)78(69(66)70(68)80)81(64)52-34-26-47(27-35-52)74(7,8)9/h18-44H,1-17H3. The van der Waals surface area contributed by atoms with Gasteiger partial charge in [0, 0.05) is 61.3 Å². The number of fused-ring (bicyclic) bond motifs is 16. The van der Waals surface area contributed by atoms with E-state index in [-0.39, 0.29) is 39.3 Å². The molecule has 0 bridgehead atoms. The third kappa shape index (κ3) is 7.70. The zero-order valence-corrected chi connectivity index (χ0v) is 51.4. The molecule has 0 unspecified atom stereocenters. The second-order valence-electron chi connectivity index (χ2n) is 29.9. The van der Waals surface area contributed by atoms with Crippen LogP contribution in [0.4, 0.5) is 28.4 Å². The number of benzene rings is 9. The number of aromatic nitrogens is 1. The molecule has 0 saturated carbocycles. The van der Waals surface area contributed by atoms with E-state index in [1.807, 2.05) is 0 Å². The van der Waals surface area contributed by atoms with E-state index >= 15 is 0 Å². The number of para-hydroxylation sites is 1. The molecule has 4 nitrogen and oxygen atoms in total. The summed E-state index contributed by atoms with van der Waals surface area (Å²) in [4.78, 5) is 5.20. The first kappa shape index (κ1) is 52.3. The molecule has 2 aromatic heterocycles. The summed E-state index contributed by atoms with van der Waals surface area (Å²) in [5.41, 5.74) is 28.0. The molecule has 0 N–H and O–H groups in total. The highest BCUT2D eigenvalue weighted by Gasteiger charge is 2.48. The van der Waals surface area contributed by atoms with Crippen molar-refractivity contribution in [3.8, 4) is 27.9 Å². The summed E-state index contributed by atoms with van der Waals surface area (Å²) in [7, 11) is 0. The minimum Gasteiger partial charge on any atom is -0.455 e. The molecule has 1 aliphatic carbocycles. The Morgan fingerprint density at radius 3 is 1.56 bits per heavy atom. The minimum absolute atomic E-state index is 0.0120. The highest BCUT2D eigenvalue weighted by Crippen LogP contribution is 2.58. The molecule has 0 fully saturated rings. The Morgan fingerprint density at radius 2 is 0.963 bits per heavy atom. The van der Waals surface area contributed by atoms with Crippen molar-refractivity contribution < 1.29 is 4.42 Å². The lowest BCUT2D eigenvalue weighted by atomic mass is 9.43. The van der Waals surface area contributed by atoms with Gasteiger partial charge in [-0.25, -0.2) is 0 Å². The van der Waals surface area contributed by atoms with Gasteiger partial charge in [0.1, 0.15) is 11.2 Å².